The third kappa shape index (κ3) is 4.34. The Kier molecular flexibility index (Phi) is 5.98. The van der Waals surface area contributed by atoms with Gasteiger partial charge in [0.1, 0.15) is 16.0 Å². The molecule has 24 heavy (non-hydrogen) atoms. The van der Waals surface area contributed by atoms with E-state index in [1.807, 2.05) is 0 Å². The molecule has 2 rings (SSSR count). The van der Waals surface area contributed by atoms with Gasteiger partial charge in [0.2, 0.25) is 5.91 Å². The molecule has 0 bridgehead atoms. The summed E-state index contributed by atoms with van der Waals surface area (Å²) in [6.45, 7) is 3.56. The van der Waals surface area contributed by atoms with E-state index in [1.165, 1.54) is 13.2 Å². The van der Waals surface area contributed by atoms with Gasteiger partial charge in [-0.15, -0.1) is 11.3 Å². The number of nitrogens with one attached hydrogen (secondary N) is 2. The summed E-state index contributed by atoms with van der Waals surface area (Å²) in [5.74, 6) is -0.154. The standard InChI is InChI=1S/C16H20N2O4S2/c1-11(2)15(18-24(20,21)14-9-6-10-23-14)16(19)17-12-7-4-5-8-13(12)22-3/h4-11,15,18H,1-3H3,(H,17,19). The maximum absolute atomic E-state index is 12.6. The van der Waals surface area contributed by atoms with E-state index in [0.717, 1.165) is 11.3 Å². The highest BCUT2D eigenvalue weighted by atomic mass is 32.2. The topological polar surface area (TPSA) is 84.5 Å². The molecule has 1 heterocycles. The van der Waals surface area contributed by atoms with Crippen LogP contribution < -0.4 is 14.8 Å². The summed E-state index contributed by atoms with van der Waals surface area (Å²) >= 11 is 1.10. The lowest BCUT2D eigenvalue weighted by molar-refractivity contribution is -0.118. The minimum atomic E-state index is -3.74. The summed E-state index contributed by atoms with van der Waals surface area (Å²) in [5, 5.41) is 4.40. The molecule has 0 aliphatic rings. The van der Waals surface area contributed by atoms with Crippen LogP contribution >= 0.6 is 11.3 Å². The Hall–Kier alpha value is -1.90. The molecule has 0 saturated carbocycles. The van der Waals surface area contributed by atoms with Crippen LogP contribution in [0.1, 0.15) is 13.8 Å². The maximum Gasteiger partial charge on any atom is 0.250 e. The van der Waals surface area contributed by atoms with Crippen molar-refractivity contribution in [1.29, 1.82) is 0 Å². The average molecular weight is 368 g/mol. The SMILES string of the molecule is COc1ccccc1NC(=O)C(NS(=O)(=O)c1cccs1)C(C)C. The van der Waals surface area contributed by atoms with Crippen LogP contribution in [-0.4, -0.2) is 27.5 Å². The Morgan fingerprint density at radius 1 is 1.17 bits per heavy atom. The number of ether oxygens (including phenoxy) is 1. The second kappa shape index (κ2) is 7.78. The van der Waals surface area contributed by atoms with E-state index in [1.54, 1.807) is 49.6 Å². The summed E-state index contributed by atoms with van der Waals surface area (Å²) in [5.41, 5.74) is 0.492. The molecule has 6 nitrogen and oxygen atoms in total. The van der Waals surface area contributed by atoms with Crippen molar-refractivity contribution in [2.75, 3.05) is 12.4 Å². The van der Waals surface area contributed by atoms with Crippen molar-refractivity contribution >= 4 is 33.0 Å². The van der Waals surface area contributed by atoms with Crippen LogP contribution in [0, 0.1) is 5.92 Å². The number of carbonyl (C=O) groups excluding carboxylic acids is 1. The lowest BCUT2D eigenvalue weighted by atomic mass is 10.0. The smallest absolute Gasteiger partial charge is 0.250 e. The number of carbonyl (C=O) groups is 1. The Morgan fingerprint density at radius 3 is 2.46 bits per heavy atom. The first-order valence-electron chi connectivity index (χ1n) is 7.35. The third-order valence-electron chi connectivity index (χ3n) is 3.36. The van der Waals surface area contributed by atoms with Gasteiger partial charge in [-0.3, -0.25) is 4.79 Å². The van der Waals surface area contributed by atoms with Crippen molar-refractivity contribution in [2.24, 2.45) is 5.92 Å². The Labute approximate surface area is 145 Å². The number of rotatable bonds is 7. The molecule has 130 valence electrons. The number of sulfonamides is 1. The molecule has 2 N–H and O–H groups in total. The number of hydrogen-bond acceptors (Lipinski definition) is 5. The molecule has 0 aliphatic heterocycles. The summed E-state index contributed by atoms with van der Waals surface area (Å²) in [7, 11) is -2.23. The monoisotopic (exact) mass is 368 g/mol. The molecule has 8 heteroatoms. The molecule has 1 atom stereocenters. The quantitative estimate of drug-likeness (QED) is 0.787. The van der Waals surface area contributed by atoms with Gasteiger partial charge >= 0.3 is 0 Å². The normalized spacial score (nSPS) is 12.8. The van der Waals surface area contributed by atoms with Gasteiger partial charge in [-0.25, -0.2) is 8.42 Å². The third-order valence-corrected chi connectivity index (χ3v) is 6.19. The van der Waals surface area contributed by atoms with E-state index in [9.17, 15) is 13.2 Å². The molecule has 0 saturated heterocycles. The number of methoxy groups -OCH3 is 1. The van der Waals surface area contributed by atoms with Crippen molar-refractivity contribution in [3.05, 3.63) is 41.8 Å². The van der Waals surface area contributed by atoms with Gasteiger partial charge in [0.25, 0.3) is 10.0 Å². The summed E-state index contributed by atoms with van der Waals surface area (Å²) in [4.78, 5) is 12.6. The second-order valence-corrected chi connectivity index (χ2v) is 8.35. The van der Waals surface area contributed by atoms with Gasteiger partial charge in [0.05, 0.1) is 12.8 Å². The maximum atomic E-state index is 12.6. The fourth-order valence-corrected chi connectivity index (χ4v) is 4.45. The zero-order valence-corrected chi connectivity index (χ0v) is 15.3. The van der Waals surface area contributed by atoms with Crippen molar-refractivity contribution in [3.8, 4) is 5.75 Å². The Morgan fingerprint density at radius 2 is 1.88 bits per heavy atom. The Bertz CT molecular complexity index is 786. The molecule has 0 fully saturated rings. The first kappa shape index (κ1) is 18.4. The second-order valence-electron chi connectivity index (χ2n) is 5.46. The molecule has 2 aromatic rings. The largest absolute Gasteiger partial charge is 0.495 e. The summed E-state index contributed by atoms with van der Waals surface area (Å²) in [6, 6.07) is 9.22. The predicted octanol–water partition coefficient (Wildman–Crippen LogP) is 2.70. The minimum Gasteiger partial charge on any atom is -0.495 e. The van der Waals surface area contributed by atoms with Gasteiger partial charge in [0.15, 0.2) is 0 Å². The predicted molar refractivity (Wildman–Crippen MR) is 94.9 cm³/mol. The van der Waals surface area contributed by atoms with E-state index >= 15 is 0 Å². The average Bonchev–Trinajstić information content (AvgIpc) is 3.08. The van der Waals surface area contributed by atoms with E-state index in [2.05, 4.69) is 10.0 Å². The molecule has 0 aliphatic carbocycles. The fourth-order valence-electron chi connectivity index (χ4n) is 2.09. The highest BCUT2D eigenvalue weighted by Gasteiger charge is 2.29. The number of amides is 1. The molecular weight excluding hydrogens is 348 g/mol. The van der Waals surface area contributed by atoms with Gasteiger partial charge < -0.3 is 10.1 Å². The van der Waals surface area contributed by atoms with Gasteiger partial charge in [-0.1, -0.05) is 32.0 Å². The first-order chi connectivity index (χ1) is 11.3. The zero-order chi connectivity index (χ0) is 17.7. The van der Waals surface area contributed by atoms with Crippen LogP contribution in [0.15, 0.2) is 46.0 Å². The fraction of sp³-hybridized carbons (Fsp3) is 0.312. The lowest BCUT2D eigenvalue weighted by Gasteiger charge is -2.21. The van der Waals surface area contributed by atoms with Crippen molar-refractivity contribution in [2.45, 2.75) is 24.1 Å². The van der Waals surface area contributed by atoms with E-state index in [0.29, 0.717) is 11.4 Å². The van der Waals surface area contributed by atoms with Crippen LogP contribution in [0.5, 0.6) is 5.75 Å². The van der Waals surface area contributed by atoms with E-state index in [4.69, 9.17) is 4.74 Å². The number of benzene rings is 1. The molecule has 0 spiro atoms. The van der Waals surface area contributed by atoms with Gasteiger partial charge in [-0.05, 0) is 29.5 Å². The lowest BCUT2D eigenvalue weighted by Crippen LogP contribution is -2.46. The number of thiophene rings is 1. The summed E-state index contributed by atoms with van der Waals surface area (Å²) in [6.07, 6.45) is 0. The first-order valence-corrected chi connectivity index (χ1v) is 9.71. The van der Waals surface area contributed by atoms with Gasteiger partial charge in [-0.2, -0.15) is 4.72 Å². The van der Waals surface area contributed by atoms with Crippen LogP contribution in [0.2, 0.25) is 0 Å². The van der Waals surface area contributed by atoms with Crippen molar-refractivity contribution < 1.29 is 17.9 Å². The van der Waals surface area contributed by atoms with Crippen LogP contribution in [0.3, 0.4) is 0 Å². The zero-order valence-electron chi connectivity index (χ0n) is 13.6. The van der Waals surface area contributed by atoms with Gasteiger partial charge in [0, 0.05) is 0 Å². The number of para-hydroxylation sites is 2. The molecule has 0 radical (unpaired) electrons. The van der Waals surface area contributed by atoms with Crippen molar-refractivity contribution in [3.63, 3.8) is 0 Å². The number of hydrogen-bond donors (Lipinski definition) is 2. The molecule has 1 unspecified atom stereocenters. The Balaban J connectivity index is 2.20. The highest BCUT2D eigenvalue weighted by Crippen LogP contribution is 2.24. The molecular formula is C16H20N2O4S2. The van der Waals surface area contributed by atoms with Crippen LogP contribution in [0.25, 0.3) is 0 Å². The van der Waals surface area contributed by atoms with Crippen LogP contribution in [0.4, 0.5) is 5.69 Å². The molecule has 1 amide bonds. The highest BCUT2D eigenvalue weighted by molar-refractivity contribution is 7.91. The minimum absolute atomic E-state index is 0.179. The van der Waals surface area contributed by atoms with Crippen LogP contribution in [-0.2, 0) is 14.8 Å². The van der Waals surface area contributed by atoms with E-state index < -0.39 is 22.0 Å². The summed E-state index contributed by atoms with van der Waals surface area (Å²) < 4.78 is 32.6. The number of anilines is 1. The molecule has 1 aromatic heterocycles. The molecule has 1 aromatic carbocycles. The van der Waals surface area contributed by atoms with E-state index in [-0.39, 0.29) is 10.1 Å². The van der Waals surface area contributed by atoms with Crippen molar-refractivity contribution in [1.82, 2.24) is 4.72 Å².